The molecule has 1 atom stereocenters. The predicted octanol–water partition coefficient (Wildman–Crippen LogP) is 2.57. The van der Waals surface area contributed by atoms with Gasteiger partial charge in [0.1, 0.15) is 0 Å². The van der Waals surface area contributed by atoms with Gasteiger partial charge in [0, 0.05) is 41.3 Å². The van der Waals surface area contributed by atoms with Crippen molar-refractivity contribution in [1.29, 1.82) is 0 Å². The monoisotopic (exact) mass is 345 g/mol. The highest BCUT2D eigenvalue weighted by atomic mass is 32.1. The van der Waals surface area contributed by atoms with Gasteiger partial charge in [-0.2, -0.15) is 0 Å². The highest BCUT2D eigenvalue weighted by Crippen LogP contribution is 2.17. The van der Waals surface area contributed by atoms with E-state index in [4.69, 9.17) is 0 Å². The van der Waals surface area contributed by atoms with Gasteiger partial charge in [-0.25, -0.2) is 14.8 Å². The highest BCUT2D eigenvalue weighted by molar-refractivity contribution is 7.11. The van der Waals surface area contributed by atoms with Gasteiger partial charge in [0.15, 0.2) is 0 Å². The first kappa shape index (κ1) is 16.7. The molecule has 0 unspecified atom stereocenters. The number of thiophene rings is 1. The number of carbonyl (C=O) groups excluding carboxylic acids is 1. The van der Waals surface area contributed by atoms with Gasteiger partial charge in [0.2, 0.25) is 5.95 Å². The Kier molecular flexibility index (Phi) is 5.63. The largest absolute Gasteiger partial charge is 0.339 e. The van der Waals surface area contributed by atoms with Crippen LogP contribution in [-0.4, -0.2) is 35.1 Å². The third-order valence-corrected chi connectivity index (χ3v) is 5.31. The van der Waals surface area contributed by atoms with Crippen LogP contribution in [0.2, 0.25) is 0 Å². The lowest BCUT2D eigenvalue weighted by molar-refractivity contribution is 0.234. The number of carbonyl (C=O) groups is 1. The van der Waals surface area contributed by atoms with Crippen LogP contribution in [-0.2, 0) is 13.0 Å². The first-order chi connectivity index (χ1) is 11.7. The molecule has 6 nitrogen and oxygen atoms in total. The van der Waals surface area contributed by atoms with Gasteiger partial charge in [-0.1, -0.05) is 6.92 Å². The van der Waals surface area contributed by atoms with E-state index in [0.717, 1.165) is 38.3 Å². The number of hydrogen-bond acceptors (Lipinski definition) is 5. The van der Waals surface area contributed by atoms with Crippen LogP contribution in [0.3, 0.4) is 0 Å². The van der Waals surface area contributed by atoms with Crippen molar-refractivity contribution in [2.24, 2.45) is 0 Å². The van der Waals surface area contributed by atoms with Crippen molar-refractivity contribution in [3.8, 4) is 0 Å². The van der Waals surface area contributed by atoms with E-state index in [9.17, 15) is 4.79 Å². The first-order valence-corrected chi connectivity index (χ1v) is 9.20. The van der Waals surface area contributed by atoms with Crippen LogP contribution in [0.15, 0.2) is 30.6 Å². The molecule has 1 saturated heterocycles. The van der Waals surface area contributed by atoms with Crippen LogP contribution in [0, 0.1) is 0 Å². The molecule has 0 aromatic carbocycles. The molecule has 1 fully saturated rings. The van der Waals surface area contributed by atoms with E-state index in [1.807, 2.05) is 6.07 Å². The standard InChI is InChI=1S/C17H23N5OS/c1-2-14-6-7-15(24-14)11-20-17(23)21-13-5-3-10-22(12-13)16-18-8-4-9-19-16/h4,6-9,13H,2-3,5,10-12H2,1H3,(H2,20,21,23)/t13-/m1/s1. The number of nitrogens with zero attached hydrogens (tertiary/aromatic N) is 3. The molecule has 24 heavy (non-hydrogen) atoms. The van der Waals surface area contributed by atoms with Crippen LogP contribution in [0.1, 0.15) is 29.5 Å². The fourth-order valence-electron chi connectivity index (χ4n) is 2.84. The summed E-state index contributed by atoms with van der Waals surface area (Å²) in [5, 5.41) is 6.02. The van der Waals surface area contributed by atoms with Gasteiger partial charge in [-0.05, 0) is 37.5 Å². The van der Waals surface area contributed by atoms with Gasteiger partial charge in [-0.3, -0.25) is 0 Å². The number of hydrogen-bond donors (Lipinski definition) is 2. The lowest BCUT2D eigenvalue weighted by Gasteiger charge is -2.33. The van der Waals surface area contributed by atoms with Gasteiger partial charge < -0.3 is 15.5 Å². The van der Waals surface area contributed by atoms with Crippen molar-refractivity contribution in [2.75, 3.05) is 18.0 Å². The number of aromatic nitrogens is 2. The maximum absolute atomic E-state index is 12.1. The fraction of sp³-hybridized carbons (Fsp3) is 0.471. The van der Waals surface area contributed by atoms with Gasteiger partial charge in [-0.15, -0.1) is 11.3 Å². The number of anilines is 1. The third-order valence-electron chi connectivity index (χ3n) is 4.08. The maximum Gasteiger partial charge on any atom is 0.315 e. The smallest absolute Gasteiger partial charge is 0.315 e. The summed E-state index contributed by atoms with van der Waals surface area (Å²) >= 11 is 1.75. The summed E-state index contributed by atoms with van der Waals surface area (Å²) in [5.41, 5.74) is 0. The van der Waals surface area contributed by atoms with Crippen molar-refractivity contribution < 1.29 is 4.79 Å². The molecule has 0 saturated carbocycles. The number of rotatable bonds is 5. The zero-order valence-electron chi connectivity index (χ0n) is 13.9. The third kappa shape index (κ3) is 4.44. The first-order valence-electron chi connectivity index (χ1n) is 8.38. The Hall–Kier alpha value is -2.15. The molecule has 1 aliphatic rings. The molecule has 0 radical (unpaired) electrons. The Bertz CT molecular complexity index is 660. The van der Waals surface area contributed by atoms with Gasteiger partial charge >= 0.3 is 6.03 Å². The Morgan fingerprint density at radius 3 is 2.88 bits per heavy atom. The van der Waals surface area contributed by atoms with Crippen LogP contribution >= 0.6 is 11.3 Å². The van der Waals surface area contributed by atoms with E-state index in [-0.39, 0.29) is 12.1 Å². The number of urea groups is 1. The molecule has 2 aromatic heterocycles. The summed E-state index contributed by atoms with van der Waals surface area (Å²) in [7, 11) is 0. The number of piperidine rings is 1. The lowest BCUT2D eigenvalue weighted by Crippen LogP contribution is -2.50. The SMILES string of the molecule is CCc1ccc(CNC(=O)N[C@@H]2CCCN(c3ncccn3)C2)s1. The molecule has 2 aromatic rings. The topological polar surface area (TPSA) is 70.2 Å². The molecule has 128 valence electrons. The summed E-state index contributed by atoms with van der Waals surface area (Å²) in [6.07, 6.45) is 6.54. The normalized spacial score (nSPS) is 17.5. The summed E-state index contributed by atoms with van der Waals surface area (Å²) in [6.45, 7) is 4.39. The minimum Gasteiger partial charge on any atom is -0.339 e. The molecule has 0 bridgehead atoms. The predicted molar refractivity (Wildman–Crippen MR) is 96.3 cm³/mol. The quantitative estimate of drug-likeness (QED) is 0.874. The highest BCUT2D eigenvalue weighted by Gasteiger charge is 2.22. The molecule has 1 aliphatic heterocycles. The number of nitrogens with one attached hydrogen (secondary N) is 2. The van der Waals surface area contributed by atoms with E-state index in [1.54, 1.807) is 23.7 Å². The molecule has 3 rings (SSSR count). The average Bonchev–Trinajstić information content (AvgIpc) is 3.09. The van der Waals surface area contributed by atoms with Crippen molar-refractivity contribution in [3.63, 3.8) is 0 Å². The van der Waals surface area contributed by atoms with E-state index in [1.165, 1.54) is 9.75 Å². The fourth-order valence-corrected chi connectivity index (χ4v) is 3.74. The second-order valence-corrected chi connectivity index (χ2v) is 7.14. The van der Waals surface area contributed by atoms with E-state index in [0.29, 0.717) is 6.54 Å². The Balaban J connectivity index is 1.47. The van der Waals surface area contributed by atoms with Crippen molar-refractivity contribution in [1.82, 2.24) is 20.6 Å². The van der Waals surface area contributed by atoms with Crippen molar-refractivity contribution in [3.05, 3.63) is 40.3 Å². The maximum atomic E-state index is 12.1. The van der Waals surface area contributed by atoms with Crippen LogP contribution < -0.4 is 15.5 Å². The molecule has 0 spiro atoms. The van der Waals surface area contributed by atoms with Crippen molar-refractivity contribution in [2.45, 2.75) is 38.8 Å². The summed E-state index contributed by atoms with van der Waals surface area (Å²) in [4.78, 5) is 25.4. The molecule has 3 heterocycles. The summed E-state index contributed by atoms with van der Waals surface area (Å²) < 4.78 is 0. The van der Waals surface area contributed by atoms with Gasteiger partial charge in [0.25, 0.3) is 0 Å². The van der Waals surface area contributed by atoms with E-state index >= 15 is 0 Å². The molecule has 0 aliphatic carbocycles. The second kappa shape index (κ2) is 8.10. The second-order valence-electron chi connectivity index (χ2n) is 5.88. The molecular formula is C17H23N5OS. The van der Waals surface area contributed by atoms with Gasteiger partial charge in [0.05, 0.1) is 6.54 Å². The molecule has 2 N–H and O–H groups in total. The van der Waals surface area contributed by atoms with Crippen LogP contribution in [0.5, 0.6) is 0 Å². The minimum absolute atomic E-state index is 0.109. The summed E-state index contributed by atoms with van der Waals surface area (Å²) in [6, 6.07) is 6.03. The van der Waals surface area contributed by atoms with E-state index < -0.39 is 0 Å². The minimum atomic E-state index is -0.109. The molecule has 7 heteroatoms. The number of aryl methyl sites for hydroxylation is 1. The van der Waals surface area contributed by atoms with Crippen molar-refractivity contribution >= 4 is 23.3 Å². The number of amides is 2. The Morgan fingerprint density at radius 1 is 1.33 bits per heavy atom. The van der Waals surface area contributed by atoms with Crippen LogP contribution in [0.4, 0.5) is 10.7 Å². The summed E-state index contributed by atoms with van der Waals surface area (Å²) in [5.74, 6) is 0.732. The zero-order chi connectivity index (χ0) is 16.8. The lowest BCUT2D eigenvalue weighted by atomic mass is 10.1. The molecular weight excluding hydrogens is 322 g/mol. The zero-order valence-corrected chi connectivity index (χ0v) is 14.7. The van der Waals surface area contributed by atoms with Crippen LogP contribution in [0.25, 0.3) is 0 Å². The average molecular weight is 345 g/mol. The Morgan fingerprint density at radius 2 is 2.12 bits per heavy atom. The molecule has 2 amide bonds. The van der Waals surface area contributed by atoms with E-state index in [2.05, 4.69) is 44.6 Å². The Labute approximate surface area is 146 Å².